The van der Waals surface area contributed by atoms with Gasteiger partial charge < -0.3 is 33.8 Å². The first-order valence-electron chi connectivity index (χ1n) is 34.6. The molecule has 17 nitrogen and oxygen atoms in total. The Morgan fingerprint density at radius 2 is 0.541 bits per heavy atom. The number of carbonyl (C=O) groups excluding carboxylic acids is 4. The molecular formula is C66H128O17P2. The molecule has 5 atom stereocenters. The van der Waals surface area contributed by atoms with Gasteiger partial charge in [-0.2, -0.15) is 0 Å². The number of hydrogen-bond acceptors (Lipinski definition) is 15. The number of esters is 4. The van der Waals surface area contributed by atoms with Gasteiger partial charge in [0.2, 0.25) is 0 Å². The van der Waals surface area contributed by atoms with Crippen molar-refractivity contribution in [3.8, 4) is 0 Å². The predicted molar refractivity (Wildman–Crippen MR) is 340 cm³/mol. The van der Waals surface area contributed by atoms with E-state index in [9.17, 15) is 43.2 Å². The second-order valence-electron chi connectivity index (χ2n) is 24.3. The van der Waals surface area contributed by atoms with E-state index in [2.05, 4.69) is 34.6 Å². The largest absolute Gasteiger partial charge is 0.472 e. The lowest BCUT2D eigenvalue weighted by Gasteiger charge is -2.21. The summed E-state index contributed by atoms with van der Waals surface area (Å²) in [6.45, 7) is 7.17. The Bertz CT molecular complexity index is 1650. The Morgan fingerprint density at radius 1 is 0.318 bits per heavy atom. The minimum atomic E-state index is -4.95. The summed E-state index contributed by atoms with van der Waals surface area (Å²) in [6, 6.07) is 0. The third-order valence-corrected chi connectivity index (χ3v) is 17.2. The Kier molecular flexibility index (Phi) is 58.3. The second-order valence-corrected chi connectivity index (χ2v) is 27.2. The summed E-state index contributed by atoms with van der Waals surface area (Å²) in [6.07, 6.45) is 44.4. The maximum atomic E-state index is 13.0. The molecule has 0 aromatic carbocycles. The summed E-state index contributed by atoms with van der Waals surface area (Å²) in [5.41, 5.74) is 0. The summed E-state index contributed by atoms with van der Waals surface area (Å²) in [5, 5.41) is 10.5. The van der Waals surface area contributed by atoms with Gasteiger partial charge in [0.05, 0.1) is 26.4 Å². The van der Waals surface area contributed by atoms with Crippen molar-refractivity contribution in [1.82, 2.24) is 0 Å². The monoisotopic (exact) mass is 1250 g/mol. The summed E-state index contributed by atoms with van der Waals surface area (Å²) in [4.78, 5) is 72.2. The first-order chi connectivity index (χ1) is 41.0. The van der Waals surface area contributed by atoms with E-state index in [1.165, 1.54) is 154 Å². The van der Waals surface area contributed by atoms with Crippen molar-refractivity contribution in [2.45, 2.75) is 355 Å². The molecule has 0 aromatic rings. The summed E-state index contributed by atoms with van der Waals surface area (Å²) < 4.78 is 68.0. The summed E-state index contributed by atoms with van der Waals surface area (Å²) in [7, 11) is -9.88. The highest BCUT2D eigenvalue weighted by Gasteiger charge is 2.30. The number of hydrogen-bond donors (Lipinski definition) is 3. The molecule has 0 bridgehead atoms. The molecule has 0 aliphatic carbocycles. The SMILES string of the molecule is CCCCCCCCCCCCCCCCCC(=O)O[C@H](COC(=O)CCCCCCCCCCCCC(C)C)COP(=O)(O)OC[C@@H](O)COP(=O)(O)OC[C@@H](COC(=O)CCCCCCCCCC)OC(=O)CCCCCCCCCCC. The molecule has 85 heavy (non-hydrogen) atoms. The Balaban J connectivity index is 5.21. The molecular weight excluding hydrogens is 1130 g/mol. The standard InChI is InChI=1S/C66H128O17P2/c1-6-9-12-15-18-21-22-23-24-25-26-32-37-42-47-52-66(71)83-62(56-77-64(69)50-45-40-35-31-28-27-30-33-38-43-48-59(4)5)58-81-85(74,75)79-54-60(67)53-78-84(72,73)80-57-61(55-76-63(68)49-44-39-34-20-17-14-11-8-3)82-65(70)51-46-41-36-29-19-16-13-10-7-2/h59-62,67H,6-58H2,1-5H3,(H,72,73)(H,74,75)/t60-,61+,62+/m0/s1. The fourth-order valence-electron chi connectivity index (χ4n) is 9.94. The van der Waals surface area contributed by atoms with Gasteiger partial charge in [0, 0.05) is 25.7 Å². The maximum Gasteiger partial charge on any atom is 0.472 e. The van der Waals surface area contributed by atoms with Crippen LogP contribution < -0.4 is 0 Å². The molecule has 19 heteroatoms. The van der Waals surface area contributed by atoms with Crippen LogP contribution >= 0.6 is 15.6 Å². The maximum absolute atomic E-state index is 13.0. The smallest absolute Gasteiger partial charge is 0.462 e. The fourth-order valence-corrected chi connectivity index (χ4v) is 11.5. The molecule has 0 rings (SSSR count). The number of aliphatic hydroxyl groups excluding tert-OH is 1. The van der Waals surface area contributed by atoms with E-state index in [-0.39, 0.29) is 25.7 Å². The number of unbranched alkanes of at least 4 members (excludes halogenated alkanes) is 38. The van der Waals surface area contributed by atoms with Crippen molar-refractivity contribution in [3.05, 3.63) is 0 Å². The van der Waals surface area contributed by atoms with Crippen molar-refractivity contribution in [1.29, 1.82) is 0 Å². The average molecular weight is 1260 g/mol. The molecule has 0 heterocycles. The van der Waals surface area contributed by atoms with Gasteiger partial charge in [0.25, 0.3) is 0 Å². The Hall–Kier alpha value is -1.94. The number of phosphoric ester groups is 2. The van der Waals surface area contributed by atoms with Gasteiger partial charge in [-0.1, -0.05) is 285 Å². The van der Waals surface area contributed by atoms with Crippen molar-refractivity contribution >= 4 is 39.5 Å². The molecule has 0 saturated carbocycles. The van der Waals surface area contributed by atoms with Crippen LogP contribution in [-0.2, 0) is 65.4 Å². The van der Waals surface area contributed by atoms with Crippen LogP contribution in [0.5, 0.6) is 0 Å². The van der Waals surface area contributed by atoms with Gasteiger partial charge in [-0.05, 0) is 31.6 Å². The van der Waals surface area contributed by atoms with Crippen LogP contribution in [0.25, 0.3) is 0 Å². The van der Waals surface area contributed by atoms with Crippen LogP contribution in [0.15, 0.2) is 0 Å². The Morgan fingerprint density at radius 3 is 0.800 bits per heavy atom. The van der Waals surface area contributed by atoms with Gasteiger partial charge in [-0.3, -0.25) is 37.3 Å². The molecule has 0 fully saturated rings. The topological polar surface area (TPSA) is 237 Å². The third-order valence-electron chi connectivity index (χ3n) is 15.3. The van der Waals surface area contributed by atoms with Gasteiger partial charge in [-0.15, -0.1) is 0 Å². The van der Waals surface area contributed by atoms with Gasteiger partial charge in [0.1, 0.15) is 19.3 Å². The molecule has 0 spiro atoms. The van der Waals surface area contributed by atoms with E-state index in [1.807, 2.05) is 0 Å². The highest BCUT2D eigenvalue weighted by molar-refractivity contribution is 7.47. The highest BCUT2D eigenvalue weighted by Crippen LogP contribution is 2.45. The molecule has 2 unspecified atom stereocenters. The van der Waals surface area contributed by atoms with E-state index in [4.69, 9.17) is 37.0 Å². The molecule has 0 aliphatic rings. The highest BCUT2D eigenvalue weighted by atomic mass is 31.2. The fraction of sp³-hybridized carbons (Fsp3) is 0.939. The van der Waals surface area contributed by atoms with Gasteiger partial charge in [-0.25, -0.2) is 9.13 Å². The van der Waals surface area contributed by atoms with Crippen LogP contribution in [0.2, 0.25) is 0 Å². The molecule has 504 valence electrons. The summed E-state index contributed by atoms with van der Waals surface area (Å²) >= 11 is 0. The van der Waals surface area contributed by atoms with E-state index in [0.29, 0.717) is 25.7 Å². The quantitative estimate of drug-likeness (QED) is 0.0222. The van der Waals surface area contributed by atoms with E-state index in [0.717, 1.165) is 102 Å². The zero-order chi connectivity index (χ0) is 62.8. The zero-order valence-electron chi connectivity index (χ0n) is 54.7. The lowest BCUT2D eigenvalue weighted by Crippen LogP contribution is -2.30. The van der Waals surface area contributed by atoms with Crippen molar-refractivity contribution < 1.29 is 80.2 Å². The predicted octanol–water partition coefficient (Wildman–Crippen LogP) is 18.6. The number of ether oxygens (including phenoxy) is 4. The van der Waals surface area contributed by atoms with Crippen LogP contribution in [0.1, 0.15) is 336 Å². The molecule has 0 radical (unpaired) electrons. The number of carbonyl (C=O) groups is 4. The first-order valence-corrected chi connectivity index (χ1v) is 37.6. The van der Waals surface area contributed by atoms with E-state index >= 15 is 0 Å². The molecule has 3 N–H and O–H groups in total. The average Bonchev–Trinajstić information content (AvgIpc) is 3.55. The van der Waals surface area contributed by atoms with Crippen LogP contribution in [0.4, 0.5) is 0 Å². The van der Waals surface area contributed by atoms with Crippen LogP contribution in [0.3, 0.4) is 0 Å². The second kappa shape index (κ2) is 59.7. The van der Waals surface area contributed by atoms with E-state index in [1.54, 1.807) is 0 Å². The number of phosphoric acid groups is 2. The van der Waals surface area contributed by atoms with Gasteiger partial charge >= 0.3 is 39.5 Å². The summed E-state index contributed by atoms with van der Waals surface area (Å²) in [5.74, 6) is -1.37. The van der Waals surface area contributed by atoms with Gasteiger partial charge in [0.15, 0.2) is 12.2 Å². The van der Waals surface area contributed by atoms with Crippen molar-refractivity contribution in [3.63, 3.8) is 0 Å². The van der Waals surface area contributed by atoms with Crippen molar-refractivity contribution in [2.75, 3.05) is 39.6 Å². The molecule has 0 aliphatic heterocycles. The number of aliphatic hydroxyl groups is 1. The lowest BCUT2D eigenvalue weighted by atomic mass is 10.0. The third kappa shape index (κ3) is 60.7. The molecule has 0 aromatic heterocycles. The normalized spacial score (nSPS) is 14.2. The number of rotatable bonds is 66. The van der Waals surface area contributed by atoms with Crippen LogP contribution in [0, 0.1) is 5.92 Å². The molecule has 0 amide bonds. The van der Waals surface area contributed by atoms with Crippen LogP contribution in [-0.4, -0.2) is 96.7 Å². The van der Waals surface area contributed by atoms with E-state index < -0.39 is 97.5 Å². The Labute approximate surface area is 517 Å². The molecule has 0 saturated heterocycles. The minimum absolute atomic E-state index is 0.106. The minimum Gasteiger partial charge on any atom is -0.462 e. The van der Waals surface area contributed by atoms with Crippen molar-refractivity contribution in [2.24, 2.45) is 5.92 Å². The first kappa shape index (κ1) is 83.1. The zero-order valence-corrected chi connectivity index (χ0v) is 56.5. The lowest BCUT2D eigenvalue weighted by molar-refractivity contribution is -0.161.